The number of likely N-dealkylation sites (tertiary alicyclic amines) is 1. The molecule has 4 nitrogen and oxygen atoms in total. The maximum atomic E-state index is 12.7. The van der Waals surface area contributed by atoms with Crippen LogP contribution in [0.1, 0.15) is 43.2 Å². The van der Waals surface area contributed by atoms with Crippen molar-refractivity contribution in [2.45, 2.75) is 56.1 Å². The standard InChI is InChI=1S/C20H23NO3/c22-15-5-3-12-9-14-13-4-6-16(23)19-20(13,17(12)18(15)24-19)7-8-21(14)10-11-1-2-11/h3,5,11,13-14,19,22H,1-2,4,6-10H2/t13?,14?,19-,20-/m1/s1. The van der Waals surface area contributed by atoms with Gasteiger partial charge in [0.25, 0.3) is 0 Å². The van der Waals surface area contributed by atoms with Crippen LogP contribution in [-0.4, -0.2) is 41.0 Å². The molecule has 3 fully saturated rings. The summed E-state index contributed by atoms with van der Waals surface area (Å²) in [5, 5.41) is 10.3. The van der Waals surface area contributed by atoms with Gasteiger partial charge in [-0.3, -0.25) is 9.69 Å². The SMILES string of the molecule is O=C1CCC2C3Cc4ccc(O)c5c4[C@]2(CCN3CC2CC2)[C@@H]1O5. The van der Waals surface area contributed by atoms with Gasteiger partial charge in [0, 0.05) is 30.0 Å². The van der Waals surface area contributed by atoms with Crippen molar-refractivity contribution in [1.82, 2.24) is 4.90 Å². The number of aromatic hydroxyl groups is 1. The van der Waals surface area contributed by atoms with Crippen molar-refractivity contribution < 1.29 is 14.6 Å². The van der Waals surface area contributed by atoms with Gasteiger partial charge in [-0.1, -0.05) is 6.07 Å². The zero-order valence-electron chi connectivity index (χ0n) is 13.8. The second-order valence-electron chi connectivity index (χ2n) is 8.56. The summed E-state index contributed by atoms with van der Waals surface area (Å²) in [7, 11) is 0. The number of hydrogen-bond acceptors (Lipinski definition) is 4. The van der Waals surface area contributed by atoms with Gasteiger partial charge in [0.1, 0.15) is 0 Å². The number of carbonyl (C=O) groups is 1. The average Bonchev–Trinajstić information content (AvgIpc) is 3.32. The van der Waals surface area contributed by atoms with E-state index in [1.807, 2.05) is 0 Å². The number of phenols is 1. The van der Waals surface area contributed by atoms with Crippen LogP contribution < -0.4 is 4.74 Å². The zero-order valence-corrected chi connectivity index (χ0v) is 13.8. The highest BCUT2D eigenvalue weighted by molar-refractivity contribution is 5.89. The Bertz CT molecular complexity index is 755. The second kappa shape index (κ2) is 4.34. The fourth-order valence-electron chi connectivity index (χ4n) is 6.27. The molecule has 4 atom stereocenters. The Morgan fingerprint density at radius 3 is 3.00 bits per heavy atom. The minimum atomic E-state index is -0.357. The molecular formula is C20H23NO3. The lowest BCUT2D eigenvalue weighted by atomic mass is 9.51. The van der Waals surface area contributed by atoms with Gasteiger partial charge >= 0.3 is 0 Å². The van der Waals surface area contributed by atoms with Crippen molar-refractivity contribution in [2.24, 2.45) is 11.8 Å². The Kier molecular flexibility index (Phi) is 2.48. The van der Waals surface area contributed by atoms with Crippen molar-refractivity contribution in [1.29, 1.82) is 0 Å². The van der Waals surface area contributed by atoms with Gasteiger partial charge in [-0.15, -0.1) is 0 Å². The van der Waals surface area contributed by atoms with E-state index in [2.05, 4.69) is 11.0 Å². The molecule has 2 bridgehead atoms. The van der Waals surface area contributed by atoms with E-state index in [9.17, 15) is 9.90 Å². The Balaban J connectivity index is 1.53. The third-order valence-corrected chi connectivity index (χ3v) is 7.41. The van der Waals surface area contributed by atoms with Crippen LogP contribution >= 0.6 is 0 Å². The van der Waals surface area contributed by atoms with Crippen LogP contribution in [0.3, 0.4) is 0 Å². The van der Waals surface area contributed by atoms with Crippen LogP contribution in [0, 0.1) is 11.8 Å². The summed E-state index contributed by atoms with van der Waals surface area (Å²) in [6, 6.07) is 4.37. The molecule has 1 saturated heterocycles. The van der Waals surface area contributed by atoms with E-state index in [0.29, 0.717) is 24.1 Å². The van der Waals surface area contributed by atoms with Gasteiger partial charge in [0.2, 0.25) is 0 Å². The Hall–Kier alpha value is -1.55. The average molecular weight is 325 g/mol. The van der Waals surface area contributed by atoms with E-state index in [0.717, 1.165) is 31.7 Å². The fourth-order valence-corrected chi connectivity index (χ4v) is 6.27. The number of ketones is 1. The van der Waals surface area contributed by atoms with Gasteiger partial charge in [0.05, 0.1) is 0 Å². The van der Waals surface area contributed by atoms with Crippen molar-refractivity contribution >= 4 is 5.78 Å². The molecule has 0 radical (unpaired) electrons. The van der Waals surface area contributed by atoms with Gasteiger partial charge < -0.3 is 9.84 Å². The lowest BCUT2D eigenvalue weighted by molar-refractivity contribution is -0.138. The first-order chi connectivity index (χ1) is 11.7. The molecule has 4 heteroatoms. The summed E-state index contributed by atoms with van der Waals surface area (Å²) < 4.78 is 6.13. The number of phenolic OH excluding ortho intramolecular Hbond substituents is 1. The van der Waals surface area contributed by atoms with Crippen LogP contribution in [0.4, 0.5) is 0 Å². The topological polar surface area (TPSA) is 49.8 Å². The van der Waals surface area contributed by atoms with Crippen LogP contribution in [0.5, 0.6) is 11.5 Å². The lowest BCUT2D eigenvalue weighted by Crippen LogP contribution is -2.66. The van der Waals surface area contributed by atoms with Gasteiger partial charge in [-0.05, 0) is 62.1 Å². The number of Topliss-reactive ketones (excluding diaryl/α,β-unsaturated/α-hetero) is 1. The first-order valence-electron chi connectivity index (χ1n) is 9.47. The number of benzene rings is 1. The van der Waals surface area contributed by atoms with E-state index in [1.165, 1.54) is 30.5 Å². The van der Waals surface area contributed by atoms with Crippen molar-refractivity contribution in [3.63, 3.8) is 0 Å². The number of carbonyl (C=O) groups excluding carboxylic acids is 1. The molecule has 2 unspecified atom stereocenters. The monoisotopic (exact) mass is 325 g/mol. The van der Waals surface area contributed by atoms with Crippen molar-refractivity contribution in [2.75, 3.05) is 13.1 Å². The molecule has 2 heterocycles. The Morgan fingerprint density at radius 2 is 2.17 bits per heavy atom. The molecule has 5 aliphatic rings. The number of piperidine rings is 1. The molecule has 2 aliphatic heterocycles. The third kappa shape index (κ3) is 1.52. The highest BCUT2D eigenvalue weighted by Crippen LogP contribution is 2.63. The third-order valence-electron chi connectivity index (χ3n) is 7.41. The second-order valence-corrected chi connectivity index (χ2v) is 8.56. The predicted molar refractivity (Wildman–Crippen MR) is 88.3 cm³/mol. The van der Waals surface area contributed by atoms with Gasteiger partial charge in [-0.2, -0.15) is 0 Å². The largest absolute Gasteiger partial charge is 0.504 e. The van der Waals surface area contributed by atoms with Crippen molar-refractivity contribution in [3.8, 4) is 11.5 Å². The van der Waals surface area contributed by atoms with E-state index < -0.39 is 0 Å². The predicted octanol–water partition coefficient (Wildman–Crippen LogP) is 2.41. The summed E-state index contributed by atoms with van der Waals surface area (Å²) in [5.41, 5.74) is 2.33. The molecule has 1 aromatic carbocycles. The molecule has 0 aromatic heterocycles. The van der Waals surface area contributed by atoms with E-state index >= 15 is 0 Å². The Labute approximate surface area is 141 Å². The highest BCUT2D eigenvalue weighted by Gasteiger charge is 2.65. The lowest BCUT2D eigenvalue weighted by Gasteiger charge is -2.57. The number of ether oxygens (including phenoxy) is 1. The first-order valence-corrected chi connectivity index (χ1v) is 9.47. The molecule has 6 rings (SSSR count). The maximum Gasteiger partial charge on any atom is 0.174 e. The van der Waals surface area contributed by atoms with Crippen LogP contribution in [0.2, 0.25) is 0 Å². The fraction of sp³-hybridized carbons (Fsp3) is 0.650. The summed E-state index contributed by atoms with van der Waals surface area (Å²) >= 11 is 0. The summed E-state index contributed by atoms with van der Waals surface area (Å²) in [5.74, 6) is 2.47. The van der Waals surface area contributed by atoms with Gasteiger partial charge in [-0.25, -0.2) is 0 Å². The molecule has 2 saturated carbocycles. The molecule has 126 valence electrons. The molecule has 24 heavy (non-hydrogen) atoms. The van der Waals surface area contributed by atoms with E-state index in [1.54, 1.807) is 6.07 Å². The minimum absolute atomic E-state index is 0.165. The smallest absolute Gasteiger partial charge is 0.174 e. The molecule has 0 amide bonds. The maximum absolute atomic E-state index is 12.7. The number of nitrogens with zero attached hydrogens (tertiary/aromatic N) is 1. The molecule has 1 aromatic rings. The van der Waals surface area contributed by atoms with Crippen LogP contribution in [0.15, 0.2) is 12.1 Å². The molecule has 1 spiro atoms. The van der Waals surface area contributed by atoms with Crippen LogP contribution in [0.25, 0.3) is 0 Å². The van der Waals surface area contributed by atoms with E-state index in [4.69, 9.17) is 4.74 Å². The van der Waals surface area contributed by atoms with Crippen LogP contribution in [-0.2, 0) is 16.6 Å². The number of hydrogen-bond donors (Lipinski definition) is 1. The normalized spacial score (nSPS) is 39.5. The first kappa shape index (κ1) is 13.7. The quantitative estimate of drug-likeness (QED) is 0.907. The van der Waals surface area contributed by atoms with Gasteiger partial charge in [0.15, 0.2) is 23.4 Å². The zero-order chi connectivity index (χ0) is 16.1. The summed E-state index contributed by atoms with van der Waals surface area (Å²) in [6.07, 6.45) is 6.08. The Morgan fingerprint density at radius 1 is 1.29 bits per heavy atom. The van der Waals surface area contributed by atoms with Crippen molar-refractivity contribution in [3.05, 3.63) is 23.3 Å². The molecular weight excluding hydrogens is 302 g/mol. The highest BCUT2D eigenvalue weighted by atomic mass is 16.5. The summed E-state index contributed by atoms with van der Waals surface area (Å²) in [6.45, 7) is 2.30. The minimum Gasteiger partial charge on any atom is -0.504 e. The molecule has 1 N–H and O–H groups in total. The summed E-state index contributed by atoms with van der Waals surface area (Å²) in [4.78, 5) is 15.4. The molecule has 3 aliphatic carbocycles. The van der Waals surface area contributed by atoms with E-state index in [-0.39, 0.29) is 23.1 Å². The number of rotatable bonds is 2.